The van der Waals surface area contributed by atoms with Crippen LogP contribution in [0.5, 0.6) is 0 Å². The zero-order valence-electron chi connectivity index (χ0n) is 13.7. The van der Waals surface area contributed by atoms with Crippen LogP contribution in [0, 0.1) is 12.8 Å². The summed E-state index contributed by atoms with van der Waals surface area (Å²) in [5, 5.41) is 13.2. The molecule has 1 aromatic carbocycles. The van der Waals surface area contributed by atoms with Gasteiger partial charge in [-0.05, 0) is 68.8 Å². The van der Waals surface area contributed by atoms with Crippen molar-refractivity contribution >= 4 is 5.69 Å². The second kappa shape index (κ2) is 7.81. The molecule has 0 aliphatic carbocycles. The maximum Gasteiger partial charge on any atom is 0.0541 e. The summed E-state index contributed by atoms with van der Waals surface area (Å²) in [4.78, 5) is 2.45. The van der Waals surface area contributed by atoms with Crippen molar-refractivity contribution in [3.63, 3.8) is 0 Å². The lowest BCUT2D eigenvalue weighted by Crippen LogP contribution is -2.37. The number of aryl methyl sites for hydroxylation is 1. The third-order valence-electron chi connectivity index (χ3n) is 4.66. The molecule has 1 atom stereocenters. The van der Waals surface area contributed by atoms with Crippen molar-refractivity contribution in [2.75, 3.05) is 24.5 Å². The third kappa shape index (κ3) is 4.45. The van der Waals surface area contributed by atoms with Gasteiger partial charge in [0.2, 0.25) is 0 Å². The molecule has 1 heterocycles. The predicted octanol–water partition coefficient (Wildman–Crippen LogP) is 3.09. The number of benzene rings is 1. The topological polar surface area (TPSA) is 35.5 Å². The Morgan fingerprint density at radius 1 is 1.33 bits per heavy atom. The first-order valence-electron chi connectivity index (χ1n) is 8.35. The summed E-state index contributed by atoms with van der Waals surface area (Å²) in [5.41, 5.74) is 4.09. The smallest absolute Gasteiger partial charge is 0.0541 e. The molecule has 118 valence electrons. The molecule has 1 fully saturated rings. The Bertz CT molecular complexity index is 437. The molecule has 2 N–H and O–H groups in total. The van der Waals surface area contributed by atoms with Gasteiger partial charge in [-0.3, -0.25) is 0 Å². The highest BCUT2D eigenvalue weighted by Crippen LogP contribution is 2.26. The van der Waals surface area contributed by atoms with E-state index in [1.54, 1.807) is 0 Å². The Labute approximate surface area is 129 Å². The van der Waals surface area contributed by atoms with Crippen LogP contribution in [0.3, 0.4) is 0 Å². The second-order valence-corrected chi connectivity index (χ2v) is 6.35. The number of nitrogens with zero attached hydrogens (tertiary/aromatic N) is 1. The summed E-state index contributed by atoms with van der Waals surface area (Å²) < 4.78 is 0. The van der Waals surface area contributed by atoms with E-state index in [-0.39, 0.29) is 6.10 Å². The van der Waals surface area contributed by atoms with Gasteiger partial charge in [-0.2, -0.15) is 0 Å². The number of piperidine rings is 1. The highest BCUT2D eigenvalue weighted by atomic mass is 16.3. The molecule has 1 aliphatic rings. The van der Waals surface area contributed by atoms with E-state index >= 15 is 0 Å². The molecule has 3 nitrogen and oxygen atoms in total. The van der Waals surface area contributed by atoms with Gasteiger partial charge in [0.1, 0.15) is 0 Å². The summed E-state index contributed by atoms with van der Waals surface area (Å²) in [6.45, 7) is 10.5. The Morgan fingerprint density at radius 2 is 2.05 bits per heavy atom. The molecule has 1 saturated heterocycles. The Kier molecular flexibility index (Phi) is 6.07. The highest BCUT2D eigenvalue weighted by Gasteiger charge is 2.22. The van der Waals surface area contributed by atoms with Gasteiger partial charge in [0.05, 0.1) is 6.10 Å². The molecule has 1 unspecified atom stereocenters. The minimum Gasteiger partial charge on any atom is -0.393 e. The van der Waals surface area contributed by atoms with Gasteiger partial charge in [-0.25, -0.2) is 0 Å². The molecule has 1 aromatic rings. The molecule has 3 heteroatoms. The summed E-state index contributed by atoms with van der Waals surface area (Å²) in [5.74, 6) is 0.472. The van der Waals surface area contributed by atoms with Crippen LogP contribution in [-0.2, 0) is 6.54 Å². The summed E-state index contributed by atoms with van der Waals surface area (Å²) in [6, 6.07) is 6.82. The van der Waals surface area contributed by atoms with E-state index in [0.29, 0.717) is 5.92 Å². The fourth-order valence-corrected chi connectivity index (χ4v) is 3.11. The lowest BCUT2D eigenvalue weighted by Gasteiger charge is -2.35. The van der Waals surface area contributed by atoms with Crippen LogP contribution in [0.15, 0.2) is 18.2 Å². The standard InChI is InChI=1S/C18H30N2O/c1-4-9-19-13-17-5-6-18(12-14(17)2)20-10-7-16(8-11-20)15(3)21/h5-6,12,15-16,19,21H,4,7-11,13H2,1-3H3. The monoisotopic (exact) mass is 290 g/mol. The molecule has 0 spiro atoms. The van der Waals surface area contributed by atoms with Crippen molar-refractivity contribution in [1.29, 1.82) is 0 Å². The van der Waals surface area contributed by atoms with Crippen LogP contribution in [0.1, 0.15) is 44.2 Å². The molecular formula is C18H30N2O. The van der Waals surface area contributed by atoms with Crippen LogP contribution in [0.25, 0.3) is 0 Å². The van der Waals surface area contributed by atoms with Gasteiger partial charge >= 0.3 is 0 Å². The van der Waals surface area contributed by atoms with Crippen molar-refractivity contribution in [3.8, 4) is 0 Å². The average Bonchev–Trinajstić information content (AvgIpc) is 2.49. The van der Waals surface area contributed by atoms with Gasteiger partial charge in [0.25, 0.3) is 0 Å². The van der Waals surface area contributed by atoms with E-state index in [1.807, 2.05) is 6.92 Å². The number of hydrogen-bond donors (Lipinski definition) is 2. The molecule has 2 rings (SSSR count). The van der Waals surface area contributed by atoms with E-state index in [1.165, 1.54) is 23.2 Å². The van der Waals surface area contributed by atoms with Gasteiger partial charge < -0.3 is 15.3 Å². The Hall–Kier alpha value is -1.06. The van der Waals surface area contributed by atoms with Crippen molar-refractivity contribution in [2.45, 2.75) is 52.7 Å². The zero-order chi connectivity index (χ0) is 15.2. The first-order valence-corrected chi connectivity index (χ1v) is 8.35. The lowest BCUT2D eigenvalue weighted by molar-refractivity contribution is 0.110. The number of hydrogen-bond acceptors (Lipinski definition) is 3. The fraction of sp³-hybridized carbons (Fsp3) is 0.667. The van der Waals surface area contributed by atoms with E-state index in [0.717, 1.165) is 39.0 Å². The van der Waals surface area contributed by atoms with Gasteiger partial charge in [-0.15, -0.1) is 0 Å². The van der Waals surface area contributed by atoms with Crippen LogP contribution >= 0.6 is 0 Å². The van der Waals surface area contributed by atoms with E-state index in [2.05, 4.69) is 42.3 Å². The quantitative estimate of drug-likeness (QED) is 0.790. The van der Waals surface area contributed by atoms with Crippen molar-refractivity contribution < 1.29 is 5.11 Å². The molecule has 0 bridgehead atoms. The minimum atomic E-state index is -0.166. The number of nitrogens with one attached hydrogen (secondary N) is 1. The van der Waals surface area contributed by atoms with E-state index in [4.69, 9.17) is 0 Å². The van der Waals surface area contributed by atoms with Crippen molar-refractivity contribution in [1.82, 2.24) is 5.32 Å². The van der Waals surface area contributed by atoms with Crippen LogP contribution in [0.2, 0.25) is 0 Å². The van der Waals surface area contributed by atoms with Crippen LogP contribution < -0.4 is 10.2 Å². The van der Waals surface area contributed by atoms with E-state index < -0.39 is 0 Å². The van der Waals surface area contributed by atoms with Gasteiger partial charge in [0, 0.05) is 25.3 Å². The highest BCUT2D eigenvalue weighted by molar-refractivity contribution is 5.51. The Balaban J connectivity index is 1.94. The molecule has 0 saturated carbocycles. The van der Waals surface area contributed by atoms with Crippen LogP contribution in [0.4, 0.5) is 5.69 Å². The largest absolute Gasteiger partial charge is 0.393 e. The number of aliphatic hydroxyl groups is 1. The summed E-state index contributed by atoms with van der Waals surface area (Å²) >= 11 is 0. The fourth-order valence-electron chi connectivity index (χ4n) is 3.11. The number of rotatable bonds is 6. The number of anilines is 1. The maximum atomic E-state index is 9.69. The maximum absolute atomic E-state index is 9.69. The molecular weight excluding hydrogens is 260 g/mol. The zero-order valence-corrected chi connectivity index (χ0v) is 13.7. The molecule has 0 radical (unpaired) electrons. The lowest BCUT2D eigenvalue weighted by atomic mass is 9.92. The molecule has 0 aromatic heterocycles. The predicted molar refractivity (Wildman–Crippen MR) is 89.8 cm³/mol. The van der Waals surface area contributed by atoms with Gasteiger partial charge in [-0.1, -0.05) is 13.0 Å². The number of aliphatic hydroxyl groups excluding tert-OH is 1. The first kappa shape index (κ1) is 16.3. The average molecular weight is 290 g/mol. The second-order valence-electron chi connectivity index (χ2n) is 6.35. The summed E-state index contributed by atoms with van der Waals surface area (Å²) in [6.07, 6.45) is 3.20. The minimum absolute atomic E-state index is 0.166. The van der Waals surface area contributed by atoms with Crippen LogP contribution in [-0.4, -0.2) is 30.8 Å². The Morgan fingerprint density at radius 3 is 2.62 bits per heavy atom. The normalized spacial score (nSPS) is 18.0. The third-order valence-corrected chi connectivity index (χ3v) is 4.66. The van der Waals surface area contributed by atoms with Gasteiger partial charge in [0.15, 0.2) is 0 Å². The summed E-state index contributed by atoms with van der Waals surface area (Å²) in [7, 11) is 0. The molecule has 1 aliphatic heterocycles. The van der Waals surface area contributed by atoms with Crippen molar-refractivity contribution in [3.05, 3.63) is 29.3 Å². The van der Waals surface area contributed by atoms with E-state index in [9.17, 15) is 5.11 Å². The molecule has 0 amide bonds. The SMILES string of the molecule is CCCNCc1ccc(N2CCC(C(C)O)CC2)cc1C. The molecule has 21 heavy (non-hydrogen) atoms. The van der Waals surface area contributed by atoms with Crippen molar-refractivity contribution in [2.24, 2.45) is 5.92 Å². The first-order chi connectivity index (χ1) is 10.1.